The molecule has 0 unspecified atom stereocenters. The Morgan fingerprint density at radius 1 is 1.14 bits per heavy atom. The van der Waals surface area contributed by atoms with E-state index in [-0.39, 0.29) is 16.7 Å². The Labute approximate surface area is 167 Å². The molecule has 8 heteroatoms. The van der Waals surface area contributed by atoms with E-state index >= 15 is 0 Å². The zero-order chi connectivity index (χ0) is 20.3. The van der Waals surface area contributed by atoms with Gasteiger partial charge < -0.3 is 14.5 Å². The summed E-state index contributed by atoms with van der Waals surface area (Å²) in [7, 11) is 0. The molecule has 2 aromatic rings. The van der Waals surface area contributed by atoms with Crippen molar-refractivity contribution in [3.05, 3.63) is 58.5 Å². The summed E-state index contributed by atoms with van der Waals surface area (Å²) in [5.41, 5.74) is 0.268. The molecule has 28 heavy (non-hydrogen) atoms. The molecule has 1 aromatic carbocycles. The van der Waals surface area contributed by atoms with Crippen molar-refractivity contribution in [1.29, 1.82) is 0 Å². The highest BCUT2D eigenvalue weighted by molar-refractivity contribution is 6.33. The van der Waals surface area contributed by atoms with Crippen LogP contribution in [0.1, 0.15) is 34.6 Å². The first-order valence-electron chi connectivity index (χ1n) is 9.02. The van der Waals surface area contributed by atoms with Crippen molar-refractivity contribution < 1.29 is 18.7 Å². The molecule has 0 radical (unpaired) electrons. The fourth-order valence-corrected chi connectivity index (χ4v) is 3.31. The molecule has 1 aliphatic heterocycles. The van der Waals surface area contributed by atoms with Gasteiger partial charge in [0.1, 0.15) is 17.2 Å². The molecular formula is C20H21ClFN3O3. The first-order valence-corrected chi connectivity index (χ1v) is 9.40. The number of ether oxygens (including phenoxy) is 1. The van der Waals surface area contributed by atoms with Gasteiger partial charge in [0.05, 0.1) is 16.7 Å². The molecular weight excluding hydrogens is 385 g/mol. The van der Waals surface area contributed by atoms with Crippen LogP contribution in [0.25, 0.3) is 0 Å². The number of amides is 1. The molecule has 0 N–H and O–H groups in total. The van der Waals surface area contributed by atoms with E-state index in [0.717, 1.165) is 0 Å². The van der Waals surface area contributed by atoms with Gasteiger partial charge in [-0.1, -0.05) is 17.7 Å². The molecule has 6 nitrogen and oxygen atoms in total. The Balaban J connectivity index is 1.73. The number of nitrogens with zero attached hydrogens (tertiary/aromatic N) is 3. The number of piperazine rings is 1. The van der Waals surface area contributed by atoms with Crippen molar-refractivity contribution >= 4 is 29.3 Å². The topological polar surface area (TPSA) is 62.7 Å². The highest BCUT2D eigenvalue weighted by Crippen LogP contribution is 2.24. The Kier molecular flexibility index (Phi) is 6.14. The minimum absolute atomic E-state index is 0.0934. The van der Waals surface area contributed by atoms with Gasteiger partial charge in [-0.25, -0.2) is 14.2 Å². The molecule has 1 aliphatic rings. The Hall–Kier alpha value is -2.67. The summed E-state index contributed by atoms with van der Waals surface area (Å²) in [4.78, 5) is 32.8. The number of carbonyl (C=O) groups is 2. The van der Waals surface area contributed by atoms with E-state index in [2.05, 4.69) is 4.98 Å². The van der Waals surface area contributed by atoms with E-state index in [1.165, 1.54) is 18.2 Å². The second-order valence-corrected chi connectivity index (χ2v) is 7.11. The number of halogens is 2. The lowest BCUT2D eigenvalue weighted by Crippen LogP contribution is -2.49. The third-order valence-electron chi connectivity index (χ3n) is 4.39. The fourth-order valence-electron chi connectivity index (χ4n) is 3.07. The summed E-state index contributed by atoms with van der Waals surface area (Å²) < 4.78 is 19.3. The largest absolute Gasteiger partial charge is 0.459 e. The second kappa shape index (κ2) is 8.56. The van der Waals surface area contributed by atoms with Crippen molar-refractivity contribution in [1.82, 2.24) is 9.88 Å². The standard InChI is InChI=1S/C20H21ClFN3O3/c1-13(2)28-20(27)14-5-4-8-23-18(14)24-9-11-25(12-10-24)19(26)17-15(21)6-3-7-16(17)22/h3-8,13H,9-12H2,1-2H3. The van der Waals surface area contributed by atoms with E-state index in [0.29, 0.717) is 37.6 Å². The van der Waals surface area contributed by atoms with Crippen molar-refractivity contribution in [3.8, 4) is 0 Å². The monoisotopic (exact) mass is 405 g/mol. The maximum absolute atomic E-state index is 14.0. The molecule has 1 fully saturated rings. The molecule has 1 aromatic heterocycles. The van der Waals surface area contributed by atoms with Gasteiger partial charge >= 0.3 is 5.97 Å². The van der Waals surface area contributed by atoms with E-state index < -0.39 is 17.7 Å². The van der Waals surface area contributed by atoms with Crippen LogP contribution in [0.2, 0.25) is 5.02 Å². The molecule has 148 valence electrons. The predicted molar refractivity (Wildman–Crippen MR) is 104 cm³/mol. The maximum Gasteiger partial charge on any atom is 0.342 e. The number of hydrogen-bond acceptors (Lipinski definition) is 5. The van der Waals surface area contributed by atoms with E-state index in [4.69, 9.17) is 16.3 Å². The van der Waals surface area contributed by atoms with E-state index in [9.17, 15) is 14.0 Å². The molecule has 2 heterocycles. The number of pyridine rings is 1. The number of anilines is 1. The van der Waals surface area contributed by atoms with Gasteiger partial charge in [0.25, 0.3) is 5.91 Å². The van der Waals surface area contributed by atoms with Gasteiger partial charge in [0.2, 0.25) is 0 Å². The number of benzene rings is 1. The summed E-state index contributed by atoms with van der Waals surface area (Å²) in [6.07, 6.45) is 1.37. The molecule has 0 spiro atoms. The lowest BCUT2D eigenvalue weighted by atomic mass is 10.1. The smallest absolute Gasteiger partial charge is 0.342 e. The summed E-state index contributed by atoms with van der Waals surface area (Å²) in [5, 5.41) is 0.0934. The number of carbonyl (C=O) groups excluding carboxylic acids is 2. The molecule has 0 aliphatic carbocycles. The van der Waals surface area contributed by atoms with Gasteiger partial charge in [-0.3, -0.25) is 4.79 Å². The Morgan fingerprint density at radius 2 is 1.86 bits per heavy atom. The van der Waals surface area contributed by atoms with Gasteiger partial charge in [-0.15, -0.1) is 0 Å². The third-order valence-corrected chi connectivity index (χ3v) is 4.71. The average molecular weight is 406 g/mol. The van der Waals surface area contributed by atoms with Crippen molar-refractivity contribution in [2.24, 2.45) is 0 Å². The van der Waals surface area contributed by atoms with E-state index in [1.54, 1.807) is 37.1 Å². The van der Waals surface area contributed by atoms with Crippen molar-refractivity contribution in [2.75, 3.05) is 31.1 Å². The number of aromatic nitrogens is 1. The normalized spacial score (nSPS) is 14.3. The predicted octanol–water partition coefficient (Wildman–Crippen LogP) is 3.40. The zero-order valence-corrected chi connectivity index (χ0v) is 16.4. The van der Waals surface area contributed by atoms with Crippen LogP contribution in [0.4, 0.5) is 10.2 Å². The van der Waals surface area contributed by atoms with Gasteiger partial charge in [0, 0.05) is 32.4 Å². The first kappa shape index (κ1) is 20.1. The lowest BCUT2D eigenvalue weighted by molar-refractivity contribution is 0.0377. The van der Waals surface area contributed by atoms with Crippen LogP contribution in [-0.4, -0.2) is 54.0 Å². The fraction of sp³-hybridized carbons (Fsp3) is 0.350. The number of rotatable bonds is 4. The van der Waals surface area contributed by atoms with Crippen LogP contribution < -0.4 is 4.90 Å². The third kappa shape index (κ3) is 4.25. The molecule has 0 bridgehead atoms. The van der Waals surface area contributed by atoms with Gasteiger partial charge in [-0.05, 0) is 38.1 Å². The minimum Gasteiger partial charge on any atom is -0.459 e. The Morgan fingerprint density at radius 3 is 2.50 bits per heavy atom. The van der Waals surface area contributed by atoms with Crippen LogP contribution in [0.3, 0.4) is 0 Å². The average Bonchev–Trinajstić information content (AvgIpc) is 2.67. The number of esters is 1. The van der Waals surface area contributed by atoms with E-state index in [1.807, 2.05) is 4.90 Å². The highest BCUT2D eigenvalue weighted by atomic mass is 35.5. The molecule has 0 atom stereocenters. The minimum atomic E-state index is -0.636. The lowest BCUT2D eigenvalue weighted by Gasteiger charge is -2.36. The number of hydrogen-bond donors (Lipinski definition) is 0. The highest BCUT2D eigenvalue weighted by Gasteiger charge is 2.28. The summed E-state index contributed by atoms with van der Waals surface area (Å²) in [6.45, 7) is 5.20. The van der Waals surface area contributed by atoms with Crippen LogP contribution in [0, 0.1) is 5.82 Å². The molecule has 1 saturated heterocycles. The zero-order valence-electron chi connectivity index (χ0n) is 15.7. The van der Waals surface area contributed by atoms with Crippen LogP contribution >= 0.6 is 11.6 Å². The molecule has 0 saturated carbocycles. The van der Waals surface area contributed by atoms with Crippen LogP contribution in [0.5, 0.6) is 0 Å². The maximum atomic E-state index is 14.0. The second-order valence-electron chi connectivity index (χ2n) is 6.70. The SMILES string of the molecule is CC(C)OC(=O)c1cccnc1N1CCN(C(=O)c2c(F)cccc2Cl)CC1. The van der Waals surface area contributed by atoms with Crippen LogP contribution in [0.15, 0.2) is 36.5 Å². The van der Waals surface area contributed by atoms with Gasteiger partial charge in [-0.2, -0.15) is 0 Å². The first-order chi connectivity index (χ1) is 13.4. The van der Waals surface area contributed by atoms with Crippen molar-refractivity contribution in [2.45, 2.75) is 20.0 Å². The summed E-state index contributed by atoms with van der Waals surface area (Å²) >= 11 is 6.01. The summed E-state index contributed by atoms with van der Waals surface area (Å²) in [6, 6.07) is 7.53. The molecule has 1 amide bonds. The Bertz CT molecular complexity index is 862. The van der Waals surface area contributed by atoms with Crippen molar-refractivity contribution in [3.63, 3.8) is 0 Å². The summed E-state index contributed by atoms with van der Waals surface area (Å²) in [5.74, 6) is -0.995. The van der Waals surface area contributed by atoms with Crippen LogP contribution in [-0.2, 0) is 4.74 Å². The quantitative estimate of drug-likeness (QED) is 0.729. The molecule has 3 rings (SSSR count). The van der Waals surface area contributed by atoms with Gasteiger partial charge in [0.15, 0.2) is 0 Å².